The number of hydrogen-bond acceptors (Lipinski definition) is 5. The van der Waals surface area contributed by atoms with Crippen LogP contribution in [-0.2, 0) is 4.79 Å². The Hall–Kier alpha value is -2.73. The van der Waals surface area contributed by atoms with Gasteiger partial charge in [0, 0.05) is 0 Å². The quantitative estimate of drug-likeness (QED) is 0.838. The summed E-state index contributed by atoms with van der Waals surface area (Å²) in [6.45, 7) is 2.01. The summed E-state index contributed by atoms with van der Waals surface area (Å²) in [6.07, 6.45) is 1.71. The van der Waals surface area contributed by atoms with Gasteiger partial charge in [-0.2, -0.15) is 0 Å². The number of ether oxygens (including phenoxy) is 1. The van der Waals surface area contributed by atoms with Gasteiger partial charge in [-0.15, -0.1) is 0 Å². The average molecular weight is 340 g/mol. The van der Waals surface area contributed by atoms with E-state index in [0.717, 1.165) is 11.3 Å². The largest absolute Gasteiger partial charge is 0.504 e. The second-order valence-corrected chi connectivity index (χ2v) is 6.28. The van der Waals surface area contributed by atoms with E-state index in [1.807, 2.05) is 31.2 Å². The molecule has 2 N–H and O–H groups in total. The summed E-state index contributed by atoms with van der Waals surface area (Å²) in [4.78, 5) is 17.0. The summed E-state index contributed by atoms with van der Waals surface area (Å²) < 4.78 is 5.01. The maximum atomic E-state index is 12.1. The number of aryl methyl sites for hydroxylation is 1. The number of carbonyl (C=O) groups excluding carboxylic acids is 1. The van der Waals surface area contributed by atoms with Crippen molar-refractivity contribution < 1.29 is 14.6 Å². The van der Waals surface area contributed by atoms with E-state index in [4.69, 9.17) is 4.74 Å². The summed E-state index contributed by atoms with van der Waals surface area (Å²) >= 11 is 1.27. The standard InChI is InChI=1S/C18H16N2O3S/c1-11-3-6-13(7-4-11)19-18-20-17(22)16(24-18)10-12-5-8-15(23-2)14(21)9-12/h3-10,21H,1-2H3,(H,19,20,22)/b16-10-. The molecule has 0 bridgehead atoms. The van der Waals surface area contributed by atoms with Crippen LogP contribution < -0.4 is 10.1 Å². The first kappa shape index (κ1) is 16.1. The van der Waals surface area contributed by atoms with E-state index >= 15 is 0 Å². The lowest BCUT2D eigenvalue weighted by Gasteiger charge is -2.03. The minimum Gasteiger partial charge on any atom is -0.504 e. The minimum absolute atomic E-state index is 0.0313. The van der Waals surface area contributed by atoms with Crippen LogP contribution in [0.2, 0.25) is 0 Å². The van der Waals surface area contributed by atoms with Gasteiger partial charge in [0.05, 0.1) is 17.7 Å². The Morgan fingerprint density at radius 3 is 2.62 bits per heavy atom. The molecule has 5 nitrogen and oxygen atoms in total. The zero-order valence-electron chi connectivity index (χ0n) is 13.2. The van der Waals surface area contributed by atoms with Crippen LogP contribution in [0.25, 0.3) is 6.08 Å². The van der Waals surface area contributed by atoms with Crippen molar-refractivity contribution in [3.63, 3.8) is 0 Å². The Labute approximate surface area is 144 Å². The highest BCUT2D eigenvalue weighted by atomic mass is 32.2. The van der Waals surface area contributed by atoms with Crippen molar-refractivity contribution in [2.75, 3.05) is 7.11 Å². The maximum Gasteiger partial charge on any atom is 0.264 e. The Morgan fingerprint density at radius 1 is 1.21 bits per heavy atom. The summed E-state index contributed by atoms with van der Waals surface area (Å²) in [5.41, 5.74) is 2.65. The molecule has 0 radical (unpaired) electrons. The molecule has 24 heavy (non-hydrogen) atoms. The van der Waals surface area contributed by atoms with E-state index < -0.39 is 0 Å². The minimum atomic E-state index is -0.207. The molecule has 1 fully saturated rings. The molecule has 0 saturated carbocycles. The van der Waals surface area contributed by atoms with Crippen molar-refractivity contribution in [3.8, 4) is 11.5 Å². The van der Waals surface area contributed by atoms with Crippen LogP contribution >= 0.6 is 11.8 Å². The van der Waals surface area contributed by atoms with Gasteiger partial charge in [0.1, 0.15) is 0 Å². The molecule has 2 aromatic rings. The van der Waals surface area contributed by atoms with Crippen LogP contribution in [0.3, 0.4) is 0 Å². The average Bonchev–Trinajstić information content (AvgIpc) is 2.89. The maximum absolute atomic E-state index is 12.1. The molecular formula is C18H16N2O3S. The number of amidine groups is 1. The van der Waals surface area contributed by atoms with Gasteiger partial charge in [0.2, 0.25) is 0 Å². The number of phenolic OH excluding ortho intramolecular Hbond substituents is 1. The Bertz CT molecular complexity index is 842. The molecule has 2 aromatic carbocycles. The van der Waals surface area contributed by atoms with E-state index in [-0.39, 0.29) is 11.7 Å². The zero-order chi connectivity index (χ0) is 17.1. The van der Waals surface area contributed by atoms with E-state index in [9.17, 15) is 9.90 Å². The highest BCUT2D eigenvalue weighted by Crippen LogP contribution is 2.31. The fourth-order valence-electron chi connectivity index (χ4n) is 2.17. The number of methoxy groups -OCH3 is 1. The summed E-state index contributed by atoms with van der Waals surface area (Å²) in [7, 11) is 1.49. The zero-order valence-corrected chi connectivity index (χ0v) is 14.1. The van der Waals surface area contributed by atoms with E-state index in [2.05, 4.69) is 10.3 Å². The van der Waals surface area contributed by atoms with Crippen LogP contribution in [0.15, 0.2) is 52.4 Å². The number of thioether (sulfide) groups is 1. The number of hydrogen-bond donors (Lipinski definition) is 2. The van der Waals surface area contributed by atoms with Crippen molar-refractivity contribution in [2.24, 2.45) is 4.99 Å². The number of phenols is 1. The van der Waals surface area contributed by atoms with Gasteiger partial charge in [-0.05, 0) is 54.6 Å². The van der Waals surface area contributed by atoms with Crippen molar-refractivity contribution in [1.82, 2.24) is 5.32 Å². The molecule has 0 atom stereocenters. The van der Waals surface area contributed by atoms with Crippen molar-refractivity contribution >= 4 is 34.6 Å². The van der Waals surface area contributed by atoms with Crippen LogP contribution in [0.4, 0.5) is 5.69 Å². The summed E-state index contributed by atoms with van der Waals surface area (Å²) in [5.74, 6) is 0.215. The number of amides is 1. The number of aromatic hydroxyl groups is 1. The van der Waals surface area contributed by atoms with Crippen LogP contribution in [0.1, 0.15) is 11.1 Å². The molecule has 0 aromatic heterocycles. The van der Waals surface area contributed by atoms with Crippen molar-refractivity contribution in [2.45, 2.75) is 6.92 Å². The van der Waals surface area contributed by atoms with Gasteiger partial charge in [-0.3, -0.25) is 4.79 Å². The predicted octanol–water partition coefficient (Wildman–Crippen LogP) is 3.60. The number of benzene rings is 2. The molecule has 1 saturated heterocycles. The molecule has 122 valence electrons. The van der Waals surface area contributed by atoms with Crippen LogP contribution in [0.5, 0.6) is 11.5 Å². The molecular weight excluding hydrogens is 324 g/mol. The fraction of sp³-hybridized carbons (Fsp3) is 0.111. The van der Waals surface area contributed by atoms with Gasteiger partial charge in [-0.1, -0.05) is 23.8 Å². The molecule has 0 unspecified atom stereocenters. The molecule has 1 amide bonds. The first-order chi connectivity index (χ1) is 11.5. The van der Waals surface area contributed by atoms with E-state index in [0.29, 0.717) is 21.4 Å². The van der Waals surface area contributed by atoms with Gasteiger partial charge < -0.3 is 15.2 Å². The molecule has 1 aliphatic heterocycles. The number of rotatable bonds is 3. The highest BCUT2D eigenvalue weighted by Gasteiger charge is 2.23. The molecule has 0 aliphatic carbocycles. The number of nitrogens with zero attached hydrogens (tertiary/aromatic N) is 1. The number of carbonyl (C=O) groups is 1. The summed E-state index contributed by atoms with van der Waals surface area (Å²) in [5, 5.41) is 13.1. The molecule has 3 rings (SSSR count). The van der Waals surface area contributed by atoms with E-state index in [1.54, 1.807) is 24.3 Å². The monoisotopic (exact) mass is 340 g/mol. The normalized spacial score (nSPS) is 17.3. The van der Waals surface area contributed by atoms with Crippen LogP contribution in [0, 0.1) is 6.92 Å². The number of aliphatic imine (C=N–C) groups is 1. The lowest BCUT2D eigenvalue weighted by molar-refractivity contribution is -0.115. The van der Waals surface area contributed by atoms with Crippen molar-refractivity contribution in [3.05, 3.63) is 58.5 Å². The smallest absolute Gasteiger partial charge is 0.264 e. The highest BCUT2D eigenvalue weighted by molar-refractivity contribution is 8.18. The topological polar surface area (TPSA) is 70.9 Å². The Balaban J connectivity index is 1.81. The fourth-order valence-corrected chi connectivity index (χ4v) is 3.01. The van der Waals surface area contributed by atoms with Gasteiger partial charge in [-0.25, -0.2) is 4.99 Å². The predicted molar refractivity (Wildman–Crippen MR) is 96.6 cm³/mol. The third-order valence-corrected chi connectivity index (χ3v) is 4.33. The van der Waals surface area contributed by atoms with Gasteiger partial charge >= 0.3 is 0 Å². The first-order valence-corrected chi connectivity index (χ1v) is 8.10. The van der Waals surface area contributed by atoms with E-state index in [1.165, 1.54) is 18.9 Å². The van der Waals surface area contributed by atoms with Gasteiger partial charge in [0.25, 0.3) is 5.91 Å². The van der Waals surface area contributed by atoms with Crippen LogP contribution in [-0.4, -0.2) is 23.3 Å². The second-order valence-electron chi connectivity index (χ2n) is 5.25. The molecule has 0 spiro atoms. The third kappa shape index (κ3) is 3.60. The Kier molecular flexibility index (Phi) is 4.57. The Morgan fingerprint density at radius 2 is 1.96 bits per heavy atom. The second kappa shape index (κ2) is 6.80. The van der Waals surface area contributed by atoms with Crippen molar-refractivity contribution in [1.29, 1.82) is 0 Å². The summed E-state index contributed by atoms with van der Waals surface area (Å²) in [6, 6.07) is 12.7. The first-order valence-electron chi connectivity index (χ1n) is 7.28. The number of nitrogens with one attached hydrogen (secondary N) is 1. The lowest BCUT2D eigenvalue weighted by atomic mass is 10.2. The third-order valence-electron chi connectivity index (χ3n) is 3.42. The molecule has 6 heteroatoms. The SMILES string of the molecule is COc1ccc(/C=C2\SC(=Nc3ccc(C)cc3)NC2=O)cc1O. The van der Waals surface area contributed by atoms with Gasteiger partial charge in [0.15, 0.2) is 16.7 Å². The molecule has 1 aliphatic rings. The molecule has 1 heterocycles. The lowest BCUT2D eigenvalue weighted by Crippen LogP contribution is -2.19.